The van der Waals surface area contributed by atoms with Crippen LogP contribution in [0.15, 0.2) is 143 Å². The number of aromatic nitrogens is 6. The van der Waals surface area contributed by atoms with E-state index in [9.17, 15) is 35.9 Å². The van der Waals surface area contributed by atoms with Crippen LogP contribution in [0.3, 0.4) is 0 Å². The van der Waals surface area contributed by atoms with Gasteiger partial charge in [0.15, 0.2) is 0 Å². The lowest BCUT2D eigenvalue weighted by Crippen LogP contribution is -2.34. The van der Waals surface area contributed by atoms with Crippen LogP contribution in [0.25, 0.3) is 22.5 Å². The summed E-state index contributed by atoms with van der Waals surface area (Å²) in [6.07, 6.45) is 0.418. The molecule has 16 nitrogen and oxygen atoms in total. The number of halogens is 8. The van der Waals surface area contributed by atoms with Gasteiger partial charge < -0.3 is 39.7 Å². The minimum atomic E-state index is -4.57. The molecule has 0 radical (unpaired) electrons. The van der Waals surface area contributed by atoms with Crippen LogP contribution in [0.5, 0.6) is 23.3 Å². The summed E-state index contributed by atoms with van der Waals surface area (Å²) in [6.45, 7) is 7.21. The van der Waals surface area contributed by atoms with Crippen LogP contribution in [-0.2, 0) is 25.2 Å². The number of ether oxygens (including phenoxy) is 2. The van der Waals surface area contributed by atoms with Crippen molar-refractivity contribution in [1.82, 2.24) is 39.7 Å². The molecule has 2 aliphatic rings. The van der Waals surface area contributed by atoms with Crippen LogP contribution in [0.1, 0.15) is 70.2 Å². The standard InChI is InChI=1S/2C31H30BrF3N6O2/c2*1-4-28-36-12-9-25(38-28)24-6-5-11-37-30(24)43-23-15-19(14-21(32)17-23)29(42)39-26-16-20(31(33,34)35)7-8-27(26)41(3)22-10-13-40(2)18-22/h2*5-9,11-12,14-17,22H,4,10,13,18H2,1-3H3,(H,39,42)/t2*22-/m10/s1. The summed E-state index contributed by atoms with van der Waals surface area (Å²) in [5, 5.41) is 5.44. The summed E-state index contributed by atoms with van der Waals surface area (Å²) in [5.74, 6) is 1.33. The van der Waals surface area contributed by atoms with Crippen molar-refractivity contribution in [3.63, 3.8) is 0 Å². The van der Waals surface area contributed by atoms with Gasteiger partial charge in [0.25, 0.3) is 11.8 Å². The number of rotatable bonds is 16. The van der Waals surface area contributed by atoms with Crippen molar-refractivity contribution in [2.45, 2.75) is 64.0 Å². The van der Waals surface area contributed by atoms with Gasteiger partial charge in [-0.15, -0.1) is 0 Å². The molecule has 0 aliphatic carbocycles. The highest BCUT2D eigenvalue weighted by Crippen LogP contribution is 2.40. The molecule has 6 heterocycles. The van der Waals surface area contributed by atoms with Gasteiger partial charge in [0.2, 0.25) is 11.8 Å². The van der Waals surface area contributed by atoms with E-state index in [0.717, 1.165) is 63.3 Å². The van der Waals surface area contributed by atoms with E-state index in [1.54, 1.807) is 73.3 Å². The monoisotopic (exact) mass is 1310 g/mol. The van der Waals surface area contributed by atoms with E-state index in [4.69, 9.17) is 9.47 Å². The maximum absolute atomic E-state index is 13.7. The van der Waals surface area contributed by atoms with Crippen molar-refractivity contribution in [3.8, 4) is 45.8 Å². The smallest absolute Gasteiger partial charge is 0.416 e. The molecule has 0 spiro atoms. The fourth-order valence-corrected chi connectivity index (χ4v) is 10.9. The number of hydrogen-bond donors (Lipinski definition) is 2. The van der Waals surface area contributed by atoms with Crippen LogP contribution in [0, 0.1) is 0 Å². The van der Waals surface area contributed by atoms with Gasteiger partial charge in [-0.05, 0) is 149 Å². The zero-order valence-corrected chi connectivity index (χ0v) is 50.8. The second-order valence-electron chi connectivity index (χ2n) is 20.7. The minimum Gasteiger partial charge on any atom is -0.438 e. The first-order chi connectivity index (χ1) is 41.0. The van der Waals surface area contributed by atoms with Gasteiger partial charge in [0, 0.05) is 97.0 Å². The maximum Gasteiger partial charge on any atom is 0.416 e. The van der Waals surface area contributed by atoms with Gasteiger partial charge in [0.1, 0.15) is 23.1 Å². The van der Waals surface area contributed by atoms with Crippen molar-refractivity contribution in [2.75, 3.05) is 74.8 Å². The number of nitrogens with one attached hydrogen (secondary N) is 2. The third kappa shape index (κ3) is 15.5. The summed E-state index contributed by atoms with van der Waals surface area (Å²) in [4.78, 5) is 61.5. The van der Waals surface area contributed by atoms with Gasteiger partial charge in [-0.3, -0.25) is 9.59 Å². The number of alkyl halides is 6. The van der Waals surface area contributed by atoms with Crippen LogP contribution < -0.4 is 29.9 Å². The molecule has 0 saturated carbocycles. The molecule has 448 valence electrons. The molecule has 0 bridgehead atoms. The first-order valence-corrected chi connectivity index (χ1v) is 29.0. The normalized spacial score (nSPS) is 15.4. The zero-order valence-electron chi connectivity index (χ0n) is 47.6. The predicted molar refractivity (Wildman–Crippen MR) is 325 cm³/mol. The Morgan fingerprint density at radius 2 is 0.977 bits per heavy atom. The van der Waals surface area contributed by atoms with E-state index in [1.807, 2.05) is 64.0 Å². The molecule has 8 aromatic rings. The summed E-state index contributed by atoms with van der Waals surface area (Å²) >= 11 is 6.85. The highest BCUT2D eigenvalue weighted by molar-refractivity contribution is 9.10. The van der Waals surface area contributed by atoms with E-state index in [-0.39, 0.29) is 46.3 Å². The summed E-state index contributed by atoms with van der Waals surface area (Å²) in [6, 6.07) is 27.3. The largest absolute Gasteiger partial charge is 0.438 e. The van der Waals surface area contributed by atoms with Gasteiger partial charge in [-0.25, -0.2) is 29.9 Å². The lowest BCUT2D eigenvalue weighted by molar-refractivity contribution is -0.138. The number of likely N-dealkylation sites (tertiary alicyclic amines) is 2. The van der Waals surface area contributed by atoms with E-state index < -0.39 is 35.3 Å². The van der Waals surface area contributed by atoms with Crippen molar-refractivity contribution in [3.05, 3.63) is 177 Å². The summed E-state index contributed by atoms with van der Waals surface area (Å²) in [7, 11) is 7.66. The van der Waals surface area contributed by atoms with E-state index in [1.165, 1.54) is 24.3 Å². The van der Waals surface area contributed by atoms with Gasteiger partial charge >= 0.3 is 12.4 Å². The van der Waals surface area contributed by atoms with Crippen molar-refractivity contribution < 1.29 is 45.4 Å². The maximum atomic E-state index is 13.7. The average molecular weight is 1310 g/mol. The lowest BCUT2D eigenvalue weighted by Gasteiger charge is -2.29. The number of hydrogen-bond acceptors (Lipinski definition) is 14. The molecule has 2 N–H and O–H groups in total. The number of amides is 2. The first-order valence-electron chi connectivity index (χ1n) is 27.4. The number of aryl methyl sites for hydroxylation is 2. The highest BCUT2D eigenvalue weighted by atomic mass is 79.9. The van der Waals surface area contributed by atoms with Crippen molar-refractivity contribution >= 4 is 66.4 Å². The molecule has 24 heteroatoms. The Hall–Kier alpha value is -8.06. The summed E-state index contributed by atoms with van der Waals surface area (Å²) < 4.78 is 95.2. The third-order valence-electron chi connectivity index (χ3n) is 14.6. The molecular formula is C62H60Br2F6N12O4. The Kier molecular flexibility index (Phi) is 19.7. The number of anilines is 4. The Morgan fingerprint density at radius 1 is 0.570 bits per heavy atom. The predicted octanol–water partition coefficient (Wildman–Crippen LogP) is 14.1. The minimum absolute atomic E-state index is 0.0711. The Bertz CT molecular complexity index is 3510. The molecule has 86 heavy (non-hydrogen) atoms. The molecule has 4 aromatic heterocycles. The van der Waals surface area contributed by atoms with Gasteiger partial charge in [0.05, 0.1) is 56.4 Å². The third-order valence-corrected chi connectivity index (χ3v) is 15.5. The number of carbonyl (C=O) groups excluding carboxylic acids is 2. The van der Waals surface area contributed by atoms with Crippen LogP contribution in [-0.4, -0.2) is 118 Å². The van der Waals surface area contributed by atoms with Gasteiger partial charge in [-0.2, -0.15) is 26.3 Å². The lowest BCUT2D eigenvalue weighted by atomic mass is 10.1. The molecule has 2 amide bonds. The molecule has 0 unspecified atom stereocenters. The first kappa shape index (κ1) is 62.5. The molecule has 2 saturated heterocycles. The fraction of sp³-hybridized carbons (Fsp3) is 0.290. The highest BCUT2D eigenvalue weighted by Gasteiger charge is 2.35. The Morgan fingerprint density at radius 3 is 1.34 bits per heavy atom. The number of likely N-dealkylation sites (N-methyl/N-ethyl adjacent to an activating group) is 4. The van der Waals surface area contributed by atoms with Crippen molar-refractivity contribution in [2.24, 2.45) is 0 Å². The summed E-state index contributed by atoms with van der Waals surface area (Å²) in [5.41, 5.74) is 2.37. The zero-order chi connectivity index (χ0) is 61.5. The number of benzene rings is 4. The second kappa shape index (κ2) is 27.1. The van der Waals surface area contributed by atoms with Crippen LogP contribution in [0.4, 0.5) is 49.1 Å². The fourth-order valence-electron chi connectivity index (χ4n) is 9.98. The Labute approximate surface area is 510 Å². The molecule has 4 aromatic carbocycles. The molecule has 2 aliphatic heterocycles. The quantitative estimate of drug-likeness (QED) is 0.0877. The molecule has 2 fully saturated rings. The van der Waals surface area contributed by atoms with Gasteiger partial charge in [-0.1, -0.05) is 45.7 Å². The number of pyridine rings is 2. The van der Waals surface area contributed by atoms with E-state index in [0.29, 0.717) is 78.8 Å². The number of nitrogens with zero attached hydrogens (tertiary/aromatic N) is 10. The SMILES string of the molecule is CCc1nccc(-c2cccnc2Oc2cc(Br)cc(C(=O)Nc3cc(C(F)(F)F)ccc3N(C)[C@@H]3CCN(C)C3)c2)n1.CCc1nccc(-c2cccnc2Oc2cc(Br)cc(C(=O)Nc3cc(C(F)(F)F)ccc3N(C)[C@H]3CCN(C)C3)c2)n1. The Balaban J connectivity index is 0.000000205. The number of carbonyl (C=O) groups is 2. The second-order valence-corrected chi connectivity index (χ2v) is 22.5. The molecule has 2 atom stereocenters. The topological polar surface area (TPSA) is 167 Å². The van der Waals surface area contributed by atoms with E-state index >= 15 is 0 Å². The van der Waals surface area contributed by atoms with Crippen LogP contribution in [0.2, 0.25) is 0 Å². The van der Waals surface area contributed by atoms with E-state index in [2.05, 4.69) is 82.2 Å². The molecular weight excluding hydrogens is 1250 g/mol. The van der Waals surface area contributed by atoms with Crippen molar-refractivity contribution in [1.29, 1.82) is 0 Å². The molecule has 10 rings (SSSR count). The van der Waals surface area contributed by atoms with Crippen LogP contribution >= 0.6 is 31.9 Å². The average Bonchev–Trinajstić information content (AvgIpc) is 3.82.